The molecule has 4 heteroatoms. The Morgan fingerprint density at radius 2 is 2.00 bits per heavy atom. The van der Waals surface area contributed by atoms with Crippen LogP contribution in [0.15, 0.2) is 47.1 Å². The summed E-state index contributed by atoms with van der Waals surface area (Å²) >= 11 is 0. The number of rotatable bonds is 2. The van der Waals surface area contributed by atoms with E-state index in [9.17, 15) is 4.79 Å². The molecule has 0 unspecified atom stereocenters. The highest BCUT2D eigenvalue weighted by Gasteiger charge is 2.31. The van der Waals surface area contributed by atoms with E-state index in [0.717, 1.165) is 5.56 Å². The monoisotopic (exact) mass is 282 g/mol. The normalized spacial score (nSPS) is 16.4. The van der Waals surface area contributed by atoms with Crippen LogP contribution in [0.25, 0.3) is 11.3 Å². The minimum atomic E-state index is -0.0607. The second-order valence-corrected chi connectivity index (χ2v) is 6.07. The molecule has 1 aromatic carbocycles. The summed E-state index contributed by atoms with van der Waals surface area (Å²) in [5.74, 6) is 0.492. The number of carbonyl (C=O) groups is 1. The van der Waals surface area contributed by atoms with E-state index in [0.29, 0.717) is 23.6 Å². The van der Waals surface area contributed by atoms with E-state index < -0.39 is 0 Å². The highest BCUT2D eigenvalue weighted by Crippen LogP contribution is 2.30. The van der Waals surface area contributed by atoms with Crippen LogP contribution in [0.2, 0.25) is 0 Å². The largest absolute Gasteiger partial charge is 0.360 e. The molecular weight excluding hydrogens is 264 g/mol. The summed E-state index contributed by atoms with van der Waals surface area (Å²) in [6, 6.07) is 9.64. The van der Waals surface area contributed by atoms with Crippen LogP contribution < -0.4 is 0 Å². The molecule has 3 rings (SSSR count). The second kappa shape index (κ2) is 4.88. The Morgan fingerprint density at radius 3 is 2.62 bits per heavy atom. The van der Waals surface area contributed by atoms with Gasteiger partial charge in [0, 0.05) is 23.7 Å². The van der Waals surface area contributed by atoms with Crippen LogP contribution in [0.3, 0.4) is 0 Å². The van der Waals surface area contributed by atoms with Crippen molar-refractivity contribution >= 4 is 5.91 Å². The van der Waals surface area contributed by atoms with Crippen molar-refractivity contribution in [3.8, 4) is 11.3 Å². The van der Waals surface area contributed by atoms with Gasteiger partial charge in [0.1, 0.15) is 17.0 Å². The van der Waals surface area contributed by atoms with E-state index in [1.807, 2.05) is 36.5 Å². The second-order valence-electron chi connectivity index (χ2n) is 6.07. The number of benzene rings is 1. The minimum absolute atomic E-state index is 0.00758. The first-order chi connectivity index (χ1) is 9.98. The average molecular weight is 282 g/mol. The molecule has 1 amide bonds. The van der Waals surface area contributed by atoms with Crippen molar-refractivity contribution in [1.82, 2.24) is 10.1 Å². The predicted molar refractivity (Wildman–Crippen MR) is 80.6 cm³/mol. The van der Waals surface area contributed by atoms with E-state index >= 15 is 0 Å². The van der Waals surface area contributed by atoms with E-state index in [1.54, 1.807) is 11.8 Å². The maximum Gasteiger partial charge on any atom is 0.263 e. The van der Waals surface area contributed by atoms with Gasteiger partial charge in [-0.15, -0.1) is 0 Å². The summed E-state index contributed by atoms with van der Waals surface area (Å²) in [5.41, 5.74) is 2.05. The van der Waals surface area contributed by atoms with Gasteiger partial charge in [-0.1, -0.05) is 55.4 Å². The first-order valence-electron chi connectivity index (χ1n) is 7.00. The van der Waals surface area contributed by atoms with Gasteiger partial charge in [0.05, 0.1) is 0 Å². The summed E-state index contributed by atoms with van der Waals surface area (Å²) in [7, 11) is 0. The highest BCUT2D eigenvalue weighted by molar-refractivity contribution is 6.01. The lowest BCUT2D eigenvalue weighted by atomic mass is 9.96. The predicted octanol–water partition coefficient (Wildman–Crippen LogP) is 3.65. The van der Waals surface area contributed by atoms with Gasteiger partial charge in [-0.2, -0.15) is 0 Å². The molecule has 4 nitrogen and oxygen atoms in total. The zero-order valence-electron chi connectivity index (χ0n) is 12.5. The van der Waals surface area contributed by atoms with Gasteiger partial charge in [-0.05, 0) is 6.92 Å². The van der Waals surface area contributed by atoms with Crippen LogP contribution in [0.4, 0.5) is 0 Å². The molecule has 0 N–H and O–H groups in total. The van der Waals surface area contributed by atoms with Crippen molar-refractivity contribution in [1.29, 1.82) is 0 Å². The van der Waals surface area contributed by atoms with Gasteiger partial charge in [-0.3, -0.25) is 4.79 Å². The molecule has 1 aliphatic rings. The van der Waals surface area contributed by atoms with Gasteiger partial charge in [0.2, 0.25) is 0 Å². The van der Waals surface area contributed by atoms with Gasteiger partial charge in [0.25, 0.3) is 5.91 Å². The van der Waals surface area contributed by atoms with Crippen molar-refractivity contribution in [2.45, 2.75) is 20.8 Å². The number of aryl methyl sites for hydroxylation is 1. The van der Waals surface area contributed by atoms with E-state index in [4.69, 9.17) is 4.52 Å². The van der Waals surface area contributed by atoms with E-state index in [1.165, 1.54) is 0 Å². The van der Waals surface area contributed by atoms with Crippen LogP contribution in [-0.4, -0.2) is 22.5 Å². The maximum atomic E-state index is 12.8. The first kappa shape index (κ1) is 13.6. The van der Waals surface area contributed by atoms with E-state index in [-0.39, 0.29) is 11.3 Å². The number of aromatic nitrogens is 1. The fraction of sp³-hybridized carbons (Fsp3) is 0.294. The van der Waals surface area contributed by atoms with Crippen molar-refractivity contribution < 1.29 is 9.32 Å². The van der Waals surface area contributed by atoms with Crippen LogP contribution in [0, 0.1) is 12.3 Å². The first-order valence-corrected chi connectivity index (χ1v) is 7.00. The zero-order valence-corrected chi connectivity index (χ0v) is 12.5. The third-order valence-electron chi connectivity index (χ3n) is 3.67. The molecule has 0 spiro atoms. The molecule has 0 radical (unpaired) electrons. The lowest BCUT2D eigenvalue weighted by Crippen LogP contribution is -2.29. The maximum absolute atomic E-state index is 12.8. The van der Waals surface area contributed by atoms with Crippen molar-refractivity contribution in [2.24, 2.45) is 5.41 Å². The Labute approximate surface area is 124 Å². The summed E-state index contributed by atoms with van der Waals surface area (Å²) in [6.45, 7) is 6.66. The Bertz CT molecular complexity index is 699. The topological polar surface area (TPSA) is 46.3 Å². The third-order valence-corrected chi connectivity index (χ3v) is 3.67. The van der Waals surface area contributed by atoms with Crippen LogP contribution in [0.1, 0.15) is 30.0 Å². The lowest BCUT2D eigenvalue weighted by Gasteiger charge is -2.20. The lowest BCUT2D eigenvalue weighted by molar-refractivity contribution is 0.0810. The number of hydrogen-bond donors (Lipinski definition) is 0. The SMILES string of the molecule is Cc1onc(-c2ccccc2)c1C(=O)N1C=CC(C)(C)C1. The Balaban J connectivity index is 1.98. The Hall–Kier alpha value is -2.36. The van der Waals surface area contributed by atoms with Gasteiger partial charge < -0.3 is 9.42 Å². The average Bonchev–Trinajstić information content (AvgIpc) is 3.02. The standard InChI is InChI=1S/C17H18N2O2/c1-12-14(16(20)19-10-9-17(2,3)11-19)15(18-21-12)13-7-5-4-6-8-13/h4-10H,11H2,1-3H3. The van der Waals surface area contributed by atoms with E-state index in [2.05, 4.69) is 25.1 Å². The summed E-state index contributed by atoms with van der Waals surface area (Å²) in [4.78, 5) is 14.5. The molecule has 2 heterocycles. The number of carbonyl (C=O) groups excluding carboxylic acids is 1. The molecule has 108 valence electrons. The van der Waals surface area contributed by atoms with Crippen LogP contribution >= 0.6 is 0 Å². The van der Waals surface area contributed by atoms with Crippen LogP contribution in [-0.2, 0) is 0 Å². The van der Waals surface area contributed by atoms with Gasteiger partial charge in [0.15, 0.2) is 0 Å². The summed E-state index contributed by atoms with van der Waals surface area (Å²) < 4.78 is 5.26. The van der Waals surface area contributed by atoms with Crippen molar-refractivity contribution in [3.05, 3.63) is 53.9 Å². The number of hydrogen-bond acceptors (Lipinski definition) is 3. The minimum Gasteiger partial charge on any atom is -0.360 e. The highest BCUT2D eigenvalue weighted by atomic mass is 16.5. The van der Waals surface area contributed by atoms with Crippen molar-refractivity contribution in [2.75, 3.05) is 6.54 Å². The van der Waals surface area contributed by atoms with Gasteiger partial charge >= 0.3 is 0 Å². The Morgan fingerprint density at radius 1 is 1.29 bits per heavy atom. The molecule has 1 aliphatic heterocycles. The van der Waals surface area contributed by atoms with Gasteiger partial charge in [-0.25, -0.2) is 0 Å². The summed E-state index contributed by atoms with van der Waals surface area (Å²) in [6.07, 6.45) is 3.90. The number of amides is 1. The molecule has 0 bridgehead atoms. The zero-order chi connectivity index (χ0) is 15.0. The summed E-state index contributed by atoms with van der Waals surface area (Å²) in [5, 5.41) is 4.07. The molecular formula is C17H18N2O2. The fourth-order valence-corrected chi connectivity index (χ4v) is 2.54. The number of nitrogens with zero attached hydrogens (tertiary/aromatic N) is 2. The molecule has 0 fully saturated rings. The molecule has 0 saturated carbocycles. The quantitative estimate of drug-likeness (QED) is 0.844. The molecule has 2 aromatic rings. The fourth-order valence-electron chi connectivity index (χ4n) is 2.54. The third kappa shape index (κ3) is 2.49. The molecule has 0 aliphatic carbocycles. The molecule has 0 atom stereocenters. The molecule has 1 aromatic heterocycles. The smallest absolute Gasteiger partial charge is 0.263 e. The molecule has 21 heavy (non-hydrogen) atoms. The molecule has 0 saturated heterocycles. The Kier molecular flexibility index (Phi) is 3.16. The van der Waals surface area contributed by atoms with Crippen molar-refractivity contribution in [3.63, 3.8) is 0 Å². The van der Waals surface area contributed by atoms with Crippen LogP contribution in [0.5, 0.6) is 0 Å².